The van der Waals surface area contributed by atoms with Crippen molar-refractivity contribution in [2.75, 3.05) is 0 Å². The summed E-state index contributed by atoms with van der Waals surface area (Å²) in [5.41, 5.74) is 0. The van der Waals surface area contributed by atoms with Crippen molar-refractivity contribution in [3.63, 3.8) is 0 Å². The van der Waals surface area contributed by atoms with Crippen molar-refractivity contribution >= 4 is 34.5 Å². The van der Waals surface area contributed by atoms with Gasteiger partial charge >= 0.3 is 0 Å². The lowest BCUT2D eigenvalue weighted by Crippen LogP contribution is -2.40. The summed E-state index contributed by atoms with van der Waals surface area (Å²) in [6.45, 7) is 1.82. The predicted molar refractivity (Wildman–Crippen MR) is 60.3 cm³/mol. The van der Waals surface area contributed by atoms with Crippen LogP contribution >= 0.6 is 11.6 Å². The van der Waals surface area contributed by atoms with Crippen LogP contribution in [0.3, 0.4) is 0 Å². The first-order chi connectivity index (χ1) is 7.24. The second-order valence-electron chi connectivity index (χ2n) is 3.14. The number of guanidine groups is 1. The highest BCUT2D eigenvalue weighted by Crippen LogP contribution is 2.22. The van der Waals surface area contributed by atoms with Gasteiger partial charge in [-0.15, -0.1) is 0 Å². The lowest BCUT2D eigenvalue weighted by Gasteiger charge is -2.29. The van der Waals surface area contributed by atoms with Gasteiger partial charge in [0.15, 0.2) is 0 Å². The Morgan fingerprint density at radius 2 is 2.07 bits per heavy atom. The fraction of sp³-hybridized carbons (Fsp3) is 0.111. The Bertz CT molecular complexity index is 519. The van der Waals surface area contributed by atoms with Gasteiger partial charge in [0.05, 0.1) is 0 Å². The number of hydrogen-bond acceptors (Lipinski definition) is 5. The second kappa shape index (κ2) is 2.87. The van der Waals surface area contributed by atoms with Crippen LogP contribution in [0.15, 0.2) is 44.0 Å². The van der Waals surface area contributed by atoms with E-state index in [1.54, 1.807) is 4.90 Å². The number of amidine groups is 3. The number of nitrogens with zero attached hydrogens (tertiary/aromatic N) is 5. The van der Waals surface area contributed by atoms with Gasteiger partial charge in [-0.2, -0.15) is 15.0 Å². The number of rotatable bonds is 0. The summed E-state index contributed by atoms with van der Waals surface area (Å²) in [5, 5.41) is 0.195. The van der Waals surface area contributed by atoms with Gasteiger partial charge in [0.25, 0.3) is 0 Å². The Labute approximate surface area is 90.9 Å². The van der Waals surface area contributed by atoms with E-state index in [1.807, 2.05) is 25.2 Å². The molecule has 0 amide bonds. The maximum absolute atomic E-state index is 5.79. The zero-order valence-corrected chi connectivity index (χ0v) is 8.60. The smallest absolute Gasteiger partial charge is 0.241 e. The molecule has 15 heavy (non-hydrogen) atoms. The van der Waals surface area contributed by atoms with Crippen molar-refractivity contribution < 1.29 is 0 Å². The van der Waals surface area contributed by atoms with Crippen molar-refractivity contribution in [1.82, 2.24) is 4.90 Å². The standard InChI is InChI=1S/C9H6ClN5/c1-5-11-6-3-2-4-7-13-8(10)14-9(12-5)15(6)7/h2-4H,1H3. The summed E-state index contributed by atoms with van der Waals surface area (Å²) in [6, 6.07) is 0. The highest BCUT2D eigenvalue weighted by Gasteiger charge is 2.28. The van der Waals surface area contributed by atoms with Crippen LogP contribution in [0.25, 0.3) is 0 Å². The quantitative estimate of drug-likeness (QED) is 0.570. The zero-order valence-electron chi connectivity index (χ0n) is 7.85. The monoisotopic (exact) mass is 219 g/mol. The minimum atomic E-state index is 0.195. The first kappa shape index (κ1) is 8.55. The summed E-state index contributed by atoms with van der Waals surface area (Å²) < 4.78 is 0. The Balaban J connectivity index is 2.23. The lowest BCUT2D eigenvalue weighted by molar-refractivity contribution is 0.712. The average Bonchev–Trinajstić information content (AvgIpc) is 2.16. The van der Waals surface area contributed by atoms with Crippen LogP contribution in [-0.4, -0.2) is 27.8 Å². The molecule has 0 spiro atoms. The van der Waals surface area contributed by atoms with Crippen molar-refractivity contribution in [2.24, 2.45) is 20.0 Å². The highest BCUT2D eigenvalue weighted by molar-refractivity contribution is 6.66. The Morgan fingerprint density at radius 3 is 2.93 bits per heavy atom. The van der Waals surface area contributed by atoms with Crippen molar-refractivity contribution in [3.8, 4) is 0 Å². The van der Waals surface area contributed by atoms with Crippen molar-refractivity contribution in [3.05, 3.63) is 24.0 Å². The third-order valence-electron chi connectivity index (χ3n) is 2.09. The second-order valence-corrected chi connectivity index (χ2v) is 3.48. The Kier molecular flexibility index (Phi) is 1.63. The summed E-state index contributed by atoms with van der Waals surface area (Å²) in [6.07, 6.45) is 5.60. The third kappa shape index (κ3) is 1.24. The molecule has 6 heteroatoms. The van der Waals surface area contributed by atoms with Crippen LogP contribution < -0.4 is 0 Å². The van der Waals surface area contributed by atoms with Gasteiger partial charge in [0, 0.05) is 0 Å². The Morgan fingerprint density at radius 1 is 1.20 bits per heavy atom. The van der Waals surface area contributed by atoms with E-state index in [-0.39, 0.29) is 5.29 Å². The molecule has 3 aliphatic rings. The normalized spacial score (nSPS) is 22.3. The van der Waals surface area contributed by atoms with E-state index in [4.69, 9.17) is 11.6 Å². The SMILES string of the molecule is CC1=NC2=NC(Cl)=NC3=CC=CC(=N1)N32. The first-order valence-electron chi connectivity index (χ1n) is 4.39. The highest BCUT2D eigenvalue weighted by atomic mass is 35.5. The third-order valence-corrected chi connectivity index (χ3v) is 2.26. The molecule has 0 atom stereocenters. The van der Waals surface area contributed by atoms with Crippen molar-refractivity contribution in [2.45, 2.75) is 6.92 Å². The van der Waals surface area contributed by atoms with Gasteiger partial charge < -0.3 is 0 Å². The van der Waals surface area contributed by atoms with Crippen LogP contribution in [0.5, 0.6) is 0 Å². The van der Waals surface area contributed by atoms with Crippen LogP contribution in [-0.2, 0) is 0 Å². The van der Waals surface area contributed by atoms with Gasteiger partial charge in [-0.05, 0) is 30.7 Å². The molecule has 74 valence electrons. The van der Waals surface area contributed by atoms with Gasteiger partial charge in [-0.3, -0.25) is 0 Å². The largest absolute Gasteiger partial charge is 0.246 e. The molecule has 0 saturated carbocycles. The predicted octanol–water partition coefficient (Wildman–Crippen LogP) is 1.49. The molecule has 0 aromatic heterocycles. The topological polar surface area (TPSA) is 52.7 Å². The molecule has 0 aromatic rings. The van der Waals surface area contributed by atoms with Crippen LogP contribution in [0.1, 0.15) is 6.92 Å². The fourth-order valence-electron chi connectivity index (χ4n) is 1.53. The maximum Gasteiger partial charge on any atom is 0.241 e. The van der Waals surface area contributed by atoms with E-state index in [2.05, 4.69) is 20.0 Å². The molecular formula is C9H6ClN5. The van der Waals surface area contributed by atoms with E-state index in [1.165, 1.54) is 0 Å². The molecule has 0 bridgehead atoms. The summed E-state index contributed by atoms with van der Waals surface area (Å²) in [4.78, 5) is 18.4. The number of halogens is 1. The molecule has 0 aromatic carbocycles. The van der Waals surface area contributed by atoms with Crippen LogP contribution in [0.4, 0.5) is 0 Å². The molecule has 0 aliphatic carbocycles. The van der Waals surface area contributed by atoms with E-state index < -0.39 is 0 Å². The lowest BCUT2D eigenvalue weighted by atomic mass is 10.3. The molecule has 3 aliphatic heterocycles. The minimum Gasteiger partial charge on any atom is -0.246 e. The zero-order chi connectivity index (χ0) is 10.4. The maximum atomic E-state index is 5.79. The summed E-state index contributed by atoms with van der Waals surface area (Å²) >= 11 is 5.79. The first-order valence-corrected chi connectivity index (χ1v) is 4.77. The summed E-state index contributed by atoms with van der Waals surface area (Å²) in [5.74, 6) is 2.65. The van der Waals surface area contributed by atoms with Gasteiger partial charge in [0.2, 0.25) is 11.3 Å². The molecule has 0 unspecified atom stereocenters. The summed E-state index contributed by atoms with van der Waals surface area (Å²) in [7, 11) is 0. The molecule has 0 saturated heterocycles. The molecule has 0 radical (unpaired) electrons. The van der Waals surface area contributed by atoms with Crippen LogP contribution in [0, 0.1) is 0 Å². The molecule has 0 N–H and O–H groups in total. The Hall–Kier alpha value is -1.75. The van der Waals surface area contributed by atoms with E-state index in [0.29, 0.717) is 17.6 Å². The molecular weight excluding hydrogens is 214 g/mol. The van der Waals surface area contributed by atoms with Gasteiger partial charge in [-0.25, -0.2) is 9.89 Å². The number of hydrogen-bond donors (Lipinski definition) is 0. The van der Waals surface area contributed by atoms with E-state index in [0.717, 1.165) is 5.84 Å². The molecule has 5 nitrogen and oxygen atoms in total. The molecule has 3 heterocycles. The number of allylic oxidation sites excluding steroid dienone is 2. The van der Waals surface area contributed by atoms with E-state index >= 15 is 0 Å². The molecule has 0 fully saturated rings. The van der Waals surface area contributed by atoms with Gasteiger partial charge in [-0.1, -0.05) is 6.08 Å². The average molecular weight is 220 g/mol. The van der Waals surface area contributed by atoms with Gasteiger partial charge in [0.1, 0.15) is 17.5 Å². The number of aliphatic imine (C=N–C) groups is 4. The fourth-order valence-corrected chi connectivity index (χ4v) is 1.69. The van der Waals surface area contributed by atoms with Crippen LogP contribution in [0.2, 0.25) is 0 Å². The van der Waals surface area contributed by atoms with E-state index in [9.17, 15) is 0 Å². The van der Waals surface area contributed by atoms with Crippen molar-refractivity contribution in [1.29, 1.82) is 0 Å². The molecule has 3 rings (SSSR count). The minimum absolute atomic E-state index is 0.195.